The van der Waals surface area contributed by atoms with Crippen molar-refractivity contribution in [3.8, 4) is 11.1 Å². The maximum Gasteiger partial charge on any atom is 0.416 e. The second kappa shape index (κ2) is 7.91. The quantitative estimate of drug-likeness (QED) is 0.645. The van der Waals surface area contributed by atoms with Crippen LogP contribution in [0.25, 0.3) is 11.1 Å². The Morgan fingerprint density at radius 1 is 1.03 bits per heavy atom. The number of carbonyl (C=O) groups is 1. The number of hydrogen-bond acceptors (Lipinski definition) is 3. The smallest absolute Gasteiger partial charge is 0.393 e. The molecule has 0 aliphatic heterocycles. The van der Waals surface area contributed by atoms with Crippen LogP contribution >= 0.6 is 0 Å². The van der Waals surface area contributed by atoms with Crippen LogP contribution in [-0.4, -0.2) is 22.1 Å². The standard InChI is InChI=1S/C23H19F3N2O2/c24-23(25,26)17-8-4-14(5-9-17)16-7-11-21(27-13-16)22(30)28-20-3-1-2-15-6-10-18(29)12-19(15)20/h1-5,7-9,11,13,18,29H,6,10,12H2,(H,28,30)/t18-/m1/s1. The van der Waals surface area contributed by atoms with Gasteiger partial charge in [-0.1, -0.05) is 30.3 Å². The Kier molecular flexibility index (Phi) is 5.30. The number of nitrogens with zero attached hydrogens (tertiary/aromatic N) is 1. The normalized spacial score (nSPS) is 16.1. The van der Waals surface area contributed by atoms with E-state index in [0.29, 0.717) is 29.7 Å². The van der Waals surface area contributed by atoms with Crippen molar-refractivity contribution in [2.45, 2.75) is 31.5 Å². The minimum absolute atomic E-state index is 0.194. The zero-order chi connectivity index (χ0) is 21.3. The number of alkyl halides is 3. The predicted molar refractivity (Wildman–Crippen MR) is 107 cm³/mol. The molecule has 0 radical (unpaired) electrons. The average molecular weight is 412 g/mol. The Balaban J connectivity index is 1.50. The predicted octanol–water partition coefficient (Wildman–Crippen LogP) is 4.87. The average Bonchev–Trinajstić information content (AvgIpc) is 2.74. The highest BCUT2D eigenvalue weighted by Gasteiger charge is 2.30. The SMILES string of the molecule is O=C(Nc1cccc2c1C[C@H](O)CC2)c1ccc(-c2ccc(C(F)(F)F)cc2)cn1. The number of anilines is 1. The van der Waals surface area contributed by atoms with Crippen LogP contribution in [-0.2, 0) is 19.0 Å². The molecule has 1 atom stereocenters. The number of aryl methyl sites for hydroxylation is 1. The molecule has 154 valence electrons. The topological polar surface area (TPSA) is 62.2 Å². The first-order valence-corrected chi connectivity index (χ1v) is 9.55. The number of benzene rings is 2. The maximum absolute atomic E-state index is 12.7. The summed E-state index contributed by atoms with van der Waals surface area (Å²) in [6, 6.07) is 13.6. The van der Waals surface area contributed by atoms with Gasteiger partial charge in [0.05, 0.1) is 11.7 Å². The van der Waals surface area contributed by atoms with Crippen LogP contribution in [0.5, 0.6) is 0 Å². The molecule has 2 N–H and O–H groups in total. The van der Waals surface area contributed by atoms with E-state index in [0.717, 1.165) is 29.7 Å². The Labute approximate surface area is 171 Å². The fourth-order valence-electron chi connectivity index (χ4n) is 3.62. The highest BCUT2D eigenvalue weighted by Crippen LogP contribution is 2.31. The zero-order valence-electron chi connectivity index (χ0n) is 15.9. The van der Waals surface area contributed by atoms with Gasteiger partial charge in [-0.3, -0.25) is 9.78 Å². The van der Waals surface area contributed by atoms with Crippen molar-refractivity contribution in [1.29, 1.82) is 0 Å². The lowest BCUT2D eigenvalue weighted by Crippen LogP contribution is -2.22. The van der Waals surface area contributed by atoms with Gasteiger partial charge in [0.1, 0.15) is 5.69 Å². The van der Waals surface area contributed by atoms with Gasteiger partial charge in [0.15, 0.2) is 0 Å². The number of halogens is 3. The van der Waals surface area contributed by atoms with Gasteiger partial charge >= 0.3 is 6.18 Å². The molecule has 1 aliphatic carbocycles. The van der Waals surface area contributed by atoms with E-state index in [-0.39, 0.29) is 11.6 Å². The van der Waals surface area contributed by atoms with Crippen molar-refractivity contribution in [2.75, 3.05) is 5.32 Å². The van der Waals surface area contributed by atoms with Crippen LogP contribution in [0.15, 0.2) is 60.8 Å². The monoisotopic (exact) mass is 412 g/mol. The molecule has 30 heavy (non-hydrogen) atoms. The number of nitrogens with one attached hydrogen (secondary N) is 1. The van der Waals surface area contributed by atoms with E-state index in [9.17, 15) is 23.1 Å². The zero-order valence-corrected chi connectivity index (χ0v) is 15.9. The number of amides is 1. The third-order valence-electron chi connectivity index (χ3n) is 5.25. The van der Waals surface area contributed by atoms with Crippen LogP contribution in [0.4, 0.5) is 18.9 Å². The Bertz CT molecular complexity index is 1060. The van der Waals surface area contributed by atoms with E-state index in [1.807, 2.05) is 12.1 Å². The molecule has 1 aliphatic rings. The molecule has 2 aromatic carbocycles. The van der Waals surface area contributed by atoms with Gasteiger partial charge in [-0.05, 0) is 53.8 Å². The van der Waals surface area contributed by atoms with E-state index < -0.39 is 17.8 Å². The van der Waals surface area contributed by atoms with Crippen LogP contribution in [0.3, 0.4) is 0 Å². The molecule has 0 unspecified atom stereocenters. The summed E-state index contributed by atoms with van der Waals surface area (Å²) in [7, 11) is 0. The third-order valence-corrected chi connectivity index (χ3v) is 5.25. The molecule has 0 saturated heterocycles. The molecule has 0 bridgehead atoms. The maximum atomic E-state index is 12.7. The lowest BCUT2D eigenvalue weighted by molar-refractivity contribution is -0.137. The number of aromatic nitrogens is 1. The van der Waals surface area contributed by atoms with Crippen LogP contribution in [0, 0.1) is 0 Å². The summed E-state index contributed by atoms with van der Waals surface area (Å²) in [5.41, 5.74) is 3.37. The molecule has 1 heterocycles. The van der Waals surface area contributed by atoms with Crippen LogP contribution in [0.1, 0.15) is 33.6 Å². The minimum atomic E-state index is -4.38. The van der Waals surface area contributed by atoms with Gasteiger partial charge in [0.2, 0.25) is 0 Å². The van der Waals surface area contributed by atoms with Gasteiger partial charge in [0.25, 0.3) is 5.91 Å². The highest BCUT2D eigenvalue weighted by atomic mass is 19.4. The van der Waals surface area contributed by atoms with Crippen LogP contribution in [0.2, 0.25) is 0 Å². The minimum Gasteiger partial charge on any atom is -0.393 e. The first-order chi connectivity index (χ1) is 14.3. The number of aliphatic hydroxyl groups is 1. The summed E-state index contributed by atoms with van der Waals surface area (Å²) in [6.07, 6.45) is -1.38. The second-order valence-corrected chi connectivity index (χ2v) is 7.30. The number of pyridine rings is 1. The number of rotatable bonds is 3. The summed E-state index contributed by atoms with van der Waals surface area (Å²) in [6.45, 7) is 0. The number of aliphatic hydroxyl groups excluding tert-OH is 1. The largest absolute Gasteiger partial charge is 0.416 e. The van der Waals surface area contributed by atoms with Crippen LogP contribution < -0.4 is 5.32 Å². The van der Waals surface area contributed by atoms with Gasteiger partial charge in [-0.2, -0.15) is 13.2 Å². The molecule has 0 saturated carbocycles. The van der Waals surface area contributed by atoms with E-state index in [2.05, 4.69) is 10.3 Å². The summed E-state index contributed by atoms with van der Waals surface area (Å²) >= 11 is 0. The molecule has 4 nitrogen and oxygen atoms in total. The fourth-order valence-corrected chi connectivity index (χ4v) is 3.62. The van der Waals surface area contributed by atoms with Gasteiger partial charge in [-0.15, -0.1) is 0 Å². The first kappa shape index (κ1) is 20.1. The molecular formula is C23H19F3N2O2. The van der Waals surface area contributed by atoms with E-state index in [4.69, 9.17) is 0 Å². The summed E-state index contributed by atoms with van der Waals surface area (Å²) in [4.78, 5) is 16.8. The highest BCUT2D eigenvalue weighted by molar-refractivity contribution is 6.03. The fraction of sp³-hybridized carbons (Fsp3) is 0.217. The summed E-state index contributed by atoms with van der Waals surface area (Å²) in [5.74, 6) is -0.387. The van der Waals surface area contributed by atoms with Crippen molar-refractivity contribution in [2.24, 2.45) is 0 Å². The summed E-state index contributed by atoms with van der Waals surface area (Å²) < 4.78 is 38.1. The third kappa shape index (κ3) is 4.21. The number of hydrogen-bond donors (Lipinski definition) is 2. The van der Waals surface area contributed by atoms with Crippen molar-refractivity contribution in [1.82, 2.24) is 4.98 Å². The Hall–Kier alpha value is -3.19. The van der Waals surface area contributed by atoms with E-state index in [1.165, 1.54) is 24.4 Å². The molecule has 7 heteroatoms. The lowest BCUT2D eigenvalue weighted by atomic mass is 9.88. The molecule has 1 aromatic heterocycles. The van der Waals surface area contributed by atoms with E-state index >= 15 is 0 Å². The van der Waals surface area contributed by atoms with Gasteiger partial charge in [-0.25, -0.2) is 0 Å². The molecule has 1 amide bonds. The number of fused-ring (bicyclic) bond motifs is 1. The van der Waals surface area contributed by atoms with Crippen molar-refractivity contribution >= 4 is 11.6 Å². The molecule has 3 aromatic rings. The molecular weight excluding hydrogens is 393 g/mol. The molecule has 0 fully saturated rings. The first-order valence-electron chi connectivity index (χ1n) is 9.55. The van der Waals surface area contributed by atoms with Crippen molar-refractivity contribution in [3.05, 3.63) is 83.2 Å². The van der Waals surface area contributed by atoms with E-state index in [1.54, 1.807) is 12.1 Å². The number of carbonyl (C=O) groups excluding carboxylic acids is 1. The second-order valence-electron chi connectivity index (χ2n) is 7.30. The Morgan fingerprint density at radius 3 is 2.43 bits per heavy atom. The van der Waals surface area contributed by atoms with Crippen molar-refractivity contribution in [3.63, 3.8) is 0 Å². The van der Waals surface area contributed by atoms with Gasteiger partial charge < -0.3 is 10.4 Å². The van der Waals surface area contributed by atoms with Crippen molar-refractivity contribution < 1.29 is 23.1 Å². The lowest BCUT2D eigenvalue weighted by Gasteiger charge is -2.23. The Morgan fingerprint density at radius 2 is 1.77 bits per heavy atom. The van der Waals surface area contributed by atoms with Gasteiger partial charge in [0, 0.05) is 23.9 Å². The summed E-state index contributed by atoms with van der Waals surface area (Å²) in [5, 5.41) is 12.8. The molecule has 4 rings (SSSR count). The molecule has 0 spiro atoms.